The Balaban J connectivity index is 1.49. The fourth-order valence-corrected chi connectivity index (χ4v) is 8.11. The summed E-state index contributed by atoms with van der Waals surface area (Å²) in [6.07, 6.45) is 2.13. The van der Waals surface area contributed by atoms with Crippen LogP contribution in [0.25, 0.3) is 0 Å². The van der Waals surface area contributed by atoms with Crippen molar-refractivity contribution >= 4 is 10.0 Å². The molecule has 1 aliphatic carbocycles. The quantitative estimate of drug-likeness (QED) is 0.477. The van der Waals surface area contributed by atoms with Gasteiger partial charge in [0.25, 0.3) is 5.56 Å². The molecule has 1 aromatic heterocycles. The number of nitrogens with zero attached hydrogens (tertiary/aromatic N) is 2. The standard InChI is InChI=1S/C27H30F2N2O4S/c1-17-14-27(15-17,25-13-26(32)30(3)35-25)21-12-22(28)20(11-23(21)29)16-31-18(2)9-10-24(36(31,33)34)19-7-5-4-6-8-19/h4-8,11-13,17-18,24H,9-10,14-16H2,1-3H3/t17-,18-,24+,27+/m0/s1. The molecule has 0 amide bonds. The molecule has 2 aliphatic rings. The molecule has 1 saturated carbocycles. The summed E-state index contributed by atoms with van der Waals surface area (Å²) in [6.45, 7) is 3.55. The van der Waals surface area contributed by atoms with Gasteiger partial charge >= 0.3 is 0 Å². The Hall–Kier alpha value is -2.78. The first-order valence-electron chi connectivity index (χ1n) is 12.2. The lowest BCUT2D eigenvalue weighted by Crippen LogP contribution is -2.45. The third-order valence-corrected chi connectivity index (χ3v) is 10.2. The Morgan fingerprint density at radius 3 is 2.33 bits per heavy atom. The van der Waals surface area contributed by atoms with E-state index in [2.05, 4.69) is 0 Å². The first-order valence-corrected chi connectivity index (χ1v) is 13.7. The van der Waals surface area contributed by atoms with Crippen LogP contribution in [0.3, 0.4) is 0 Å². The Morgan fingerprint density at radius 2 is 1.72 bits per heavy atom. The number of sulfonamides is 1. The molecule has 3 aromatic rings. The van der Waals surface area contributed by atoms with Gasteiger partial charge in [-0.3, -0.25) is 4.79 Å². The number of benzene rings is 2. The highest BCUT2D eigenvalue weighted by Gasteiger charge is 2.50. The predicted molar refractivity (Wildman–Crippen MR) is 132 cm³/mol. The van der Waals surface area contributed by atoms with Gasteiger partial charge in [0.2, 0.25) is 10.0 Å². The van der Waals surface area contributed by atoms with Gasteiger partial charge in [-0.1, -0.05) is 37.3 Å². The molecule has 0 N–H and O–H groups in total. The fraction of sp³-hybridized carbons (Fsp3) is 0.444. The number of hydrogen-bond acceptors (Lipinski definition) is 4. The van der Waals surface area contributed by atoms with Crippen LogP contribution in [-0.4, -0.2) is 23.5 Å². The molecule has 2 fully saturated rings. The number of halogens is 2. The van der Waals surface area contributed by atoms with E-state index in [1.807, 2.05) is 13.0 Å². The highest BCUT2D eigenvalue weighted by molar-refractivity contribution is 7.89. The second-order valence-electron chi connectivity index (χ2n) is 10.4. The molecule has 1 saturated heterocycles. The first kappa shape index (κ1) is 24.9. The van der Waals surface area contributed by atoms with Crippen molar-refractivity contribution in [3.05, 3.63) is 93.0 Å². The lowest BCUT2D eigenvalue weighted by molar-refractivity contribution is 0.136. The van der Waals surface area contributed by atoms with Gasteiger partial charge in [-0.15, -0.1) is 0 Å². The van der Waals surface area contributed by atoms with Crippen molar-refractivity contribution in [1.82, 2.24) is 9.05 Å². The average molecular weight is 517 g/mol. The van der Waals surface area contributed by atoms with Crippen LogP contribution in [-0.2, 0) is 29.0 Å². The zero-order chi connectivity index (χ0) is 25.8. The molecule has 0 bridgehead atoms. The molecule has 36 heavy (non-hydrogen) atoms. The molecular weight excluding hydrogens is 486 g/mol. The van der Waals surface area contributed by atoms with Crippen molar-refractivity contribution in [2.24, 2.45) is 13.0 Å². The smallest absolute Gasteiger partial charge is 0.282 e. The van der Waals surface area contributed by atoms with Crippen LogP contribution in [0.4, 0.5) is 8.78 Å². The van der Waals surface area contributed by atoms with E-state index in [4.69, 9.17) is 4.52 Å². The summed E-state index contributed by atoms with van der Waals surface area (Å²) in [7, 11) is -2.31. The molecule has 5 rings (SSSR count). The van der Waals surface area contributed by atoms with Crippen LogP contribution in [0.15, 0.2) is 57.8 Å². The molecule has 0 unspecified atom stereocenters. The van der Waals surface area contributed by atoms with E-state index in [0.29, 0.717) is 37.0 Å². The van der Waals surface area contributed by atoms with Gasteiger partial charge in [0.15, 0.2) is 0 Å². The largest absolute Gasteiger partial charge is 0.380 e. The summed E-state index contributed by atoms with van der Waals surface area (Å²) in [5, 5.41) is -0.720. The number of aryl methyl sites for hydroxylation is 1. The van der Waals surface area contributed by atoms with E-state index in [1.165, 1.54) is 17.4 Å². The molecule has 0 spiro atoms. The first-order chi connectivity index (χ1) is 17.0. The lowest BCUT2D eigenvalue weighted by atomic mass is 9.57. The van der Waals surface area contributed by atoms with Gasteiger partial charge in [0.1, 0.15) is 22.6 Å². The minimum Gasteiger partial charge on any atom is -0.380 e. The molecule has 0 radical (unpaired) electrons. The van der Waals surface area contributed by atoms with Crippen LogP contribution in [0.1, 0.15) is 67.2 Å². The highest BCUT2D eigenvalue weighted by atomic mass is 32.2. The number of rotatable bonds is 5. The van der Waals surface area contributed by atoms with Gasteiger partial charge in [-0.2, -0.15) is 9.05 Å². The van der Waals surface area contributed by atoms with E-state index < -0.39 is 32.3 Å². The zero-order valence-electron chi connectivity index (χ0n) is 20.6. The van der Waals surface area contributed by atoms with Crippen LogP contribution in [0.5, 0.6) is 0 Å². The van der Waals surface area contributed by atoms with E-state index in [-0.39, 0.29) is 35.2 Å². The van der Waals surface area contributed by atoms with Crippen molar-refractivity contribution in [2.75, 3.05) is 0 Å². The van der Waals surface area contributed by atoms with Gasteiger partial charge in [-0.25, -0.2) is 17.2 Å². The van der Waals surface area contributed by atoms with Gasteiger partial charge in [0.05, 0.1) is 5.41 Å². The third-order valence-electron chi connectivity index (χ3n) is 7.84. The van der Waals surface area contributed by atoms with Gasteiger partial charge in [-0.05, 0) is 56.2 Å². The molecular formula is C27H30F2N2O4S. The van der Waals surface area contributed by atoms with Crippen molar-refractivity contribution in [3.8, 4) is 0 Å². The number of aromatic nitrogens is 1. The molecule has 192 valence electrons. The van der Waals surface area contributed by atoms with Crippen LogP contribution >= 0.6 is 0 Å². The number of hydrogen-bond donors (Lipinski definition) is 0. The minimum absolute atomic E-state index is 0.0163. The van der Waals surface area contributed by atoms with Crippen molar-refractivity contribution in [2.45, 2.75) is 62.8 Å². The third kappa shape index (κ3) is 4.02. The molecule has 9 heteroatoms. The summed E-state index contributed by atoms with van der Waals surface area (Å²) < 4.78 is 66.1. The molecule has 6 nitrogen and oxygen atoms in total. The van der Waals surface area contributed by atoms with E-state index in [1.54, 1.807) is 31.2 Å². The maximum atomic E-state index is 15.6. The highest BCUT2D eigenvalue weighted by Crippen LogP contribution is 2.53. The maximum absolute atomic E-state index is 15.6. The zero-order valence-corrected chi connectivity index (χ0v) is 21.4. The maximum Gasteiger partial charge on any atom is 0.282 e. The van der Waals surface area contributed by atoms with Crippen LogP contribution in [0, 0.1) is 17.6 Å². The van der Waals surface area contributed by atoms with Crippen LogP contribution < -0.4 is 5.56 Å². The lowest BCUT2D eigenvalue weighted by Gasteiger charge is -2.45. The normalized spacial score (nSPS) is 28.1. The summed E-state index contributed by atoms with van der Waals surface area (Å²) in [6, 6.07) is 12.2. The van der Waals surface area contributed by atoms with Crippen molar-refractivity contribution < 1.29 is 21.7 Å². The van der Waals surface area contributed by atoms with E-state index in [0.717, 1.165) is 16.9 Å². The fourth-order valence-electron chi connectivity index (χ4n) is 5.93. The van der Waals surface area contributed by atoms with E-state index >= 15 is 8.78 Å². The van der Waals surface area contributed by atoms with E-state index in [9.17, 15) is 13.2 Å². The Morgan fingerprint density at radius 1 is 1.03 bits per heavy atom. The SMILES string of the molecule is C[C@H]1CC[C@H](c2ccccc2)S(=O)(=O)N1Cc1cc(F)c([C@]2(c3cc(=O)n(C)o3)C[C@@H](C)C2)cc1F. The average Bonchev–Trinajstić information content (AvgIpc) is 3.15. The summed E-state index contributed by atoms with van der Waals surface area (Å²) in [4.78, 5) is 12.0. The minimum atomic E-state index is -3.79. The monoisotopic (exact) mass is 516 g/mol. The molecule has 2 heterocycles. The summed E-state index contributed by atoms with van der Waals surface area (Å²) >= 11 is 0. The Kier molecular flexibility index (Phi) is 6.19. The van der Waals surface area contributed by atoms with Crippen molar-refractivity contribution in [3.63, 3.8) is 0 Å². The Labute approximate surface area is 209 Å². The molecule has 1 aliphatic heterocycles. The Bertz CT molecular complexity index is 1440. The topological polar surface area (TPSA) is 72.5 Å². The summed E-state index contributed by atoms with van der Waals surface area (Å²) in [5.41, 5.74) is -0.461. The van der Waals surface area contributed by atoms with Crippen LogP contribution in [0.2, 0.25) is 0 Å². The molecule has 2 aromatic carbocycles. The summed E-state index contributed by atoms with van der Waals surface area (Å²) in [5.74, 6) is -0.733. The van der Waals surface area contributed by atoms with Gasteiger partial charge in [0, 0.05) is 36.8 Å². The predicted octanol–water partition coefficient (Wildman–Crippen LogP) is 5.03. The second-order valence-corrected chi connectivity index (χ2v) is 12.4. The van der Waals surface area contributed by atoms with Crippen molar-refractivity contribution in [1.29, 1.82) is 0 Å². The van der Waals surface area contributed by atoms with Gasteiger partial charge < -0.3 is 4.52 Å². The second kappa shape index (κ2) is 8.95. The molecule has 2 atom stereocenters.